The summed E-state index contributed by atoms with van der Waals surface area (Å²) in [6.45, 7) is 6.38. The van der Waals surface area contributed by atoms with E-state index in [4.69, 9.17) is 6.42 Å². The lowest BCUT2D eigenvalue weighted by Gasteiger charge is -2.33. The first-order chi connectivity index (χ1) is 7.05. The van der Waals surface area contributed by atoms with Gasteiger partial charge in [0.1, 0.15) is 0 Å². The van der Waals surface area contributed by atoms with E-state index in [9.17, 15) is 0 Å². The first-order valence-electron chi connectivity index (χ1n) is 5.98. The molecule has 0 spiro atoms. The number of likely N-dealkylation sites (tertiary alicyclic amines) is 1. The van der Waals surface area contributed by atoms with Crippen molar-refractivity contribution in [3.05, 3.63) is 0 Å². The van der Waals surface area contributed by atoms with Crippen molar-refractivity contribution in [2.24, 2.45) is 0 Å². The van der Waals surface area contributed by atoms with Crippen molar-refractivity contribution in [1.82, 2.24) is 10.2 Å². The van der Waals surface area contributed by atoms with Gasteiger partial charge >= 0.3 is 0 Å². The van der Waals surface area contributed by atoms with Crippen LogP contribution >= 0.6 is 0 Å². The van der Waals surface area contributed by atoms with Crippen LogP contribution in [0.4, 0.5) is 0 Å². The second-order valence-corrected chi connectivity index (χ2v) is 5.12. The third-order valence-corrected chi connectivity index (χ3v) is 3.33. The Morgan fingerprint density at radius 3 is 2.80 bits per heavy atom. The van der Waals surface area contributed by atoms with Crippen LogP contribution in [-0.4, -0.2) is 36.6 Å². The quantitative estimate of drug-likeness (QED) is 0.710. The summed E-state index contributed by atoms with van der Waals surface area (Å²) in [6.07, 6.45) is 10.7. The van der Waals surface area contributed by atoms with Gasteiger partial charge in [-0.3, -0.25) is 0 Å². The maximum absolute atomic E-state index is 5.43. The van der Waals surface area contributed by atoms with E-state index in [0.29, 0.717) is 0 Å². The minimum atomic E-state index is -0.159. The molecule has 1 aliphatic rings. The number of hydrogen-bond acceptors (Lipinski definition) is 2. The number of rotatable bonds is 4. The minimum absolute atomic E-state index is 0.159. The zero-order chi connectivity index (χ0) is 11.3. The maximum Gasteiger partial charge on any atom is 0.0741 e. The monoisotopic (exact) mass is 208 g/mol. The van der Waals surface area contributed by atoms with Crippen molar-refractivity contribution in [1.29, 1.82) is 0 Å². The molecule has 0 aromatic heterocycles. The second kappa shape index (κ2) is 5.53. The highest BCUT2D eigenvalue weighted by atomic mass is 15.1. The Bertz CT molecular complexity index is 227. The Labute approximate surface area is 94.4 Å². The molecular weight excluding hydrogens is 184 g/mol. The standard InChI is InChI=1S/C13H24N2/c1-5-13(2,3)14-10-9-12-8-6-7-11-15(12)4/h1,12,14H,6-11H2,2-4H3. The number of hydrogen-bond donors (Lipinski definition) is 1. The highest BCUT2D eigenvalue weighted by molar-refractivity contribution is 5.07. The molecule has 1 N–H and O–H groups in total. The lowest BCUT2D eigenvalue weighted by Crippen LogP contribution is -2.42. The fourth-order valence-corrected chi connectivity index (χ4v) is 2.11. The van der Waals surface area contributed by atoms with Crippen LogP contribution < -0.4 is 5.32 Å². The molecule has 1 unspecified atom stereocenters. The van der Waals surface area contributed by atoms with Crippen LogP contribution in [0.2, 0.25) is 0 Å². The first kappa shape index (κ1) is 12.5. The summed E-state index contributed by atoms with van der Waals surface area (Å²) in [5.74, 6) is 2.77. The fraction of sp³-hybridized carbons (Fsp3) is 0.846. The Morgan fingerprint density at radius 2 is 2.20 bits per heavy atom. The molecule has 1 heterocycles. The zero-order valence-electron chi connectivity index (χ0n) is 10.3. The van der Waals surface area contributed by atoms with Gasteiger partial charge in [0.05, 0.1) is 5.54 Å². The van der Waals surface area contributed by atoms with E-state index in [2.05, 4.69) is 37.0 Å². The SMILES string of the molecule is C#CC(C)(C)NCCC1CCCCN1C. The lowest BCUT2D eigenvalue weighted by molar-refractivity contribution is 0.174. The Balaban J connectivity index is 2.22. The van der Waals surface area contributed by atoms with E-state index in [1.165, 1.54) is 32.2 Å². The van der Waals surface area contributed by atoms with Crippen LogP contribution in [0.3, 0.4) is 0 Å². The molecule has 0 aromatic rings. The molecule has 0 radical (unpaired) electrons. The molecule has 0 aromatic carbocycles. The average molecular weight is 208 g/mol. The number of piperidine rings is 1. The maximum atomic E-state index is 5.43. The molecule has 2 heteroatoms. The number of nitrogens with one attached hydrogen (secondary N) is 1. The van der Waals surface area contributed by atoms with E-state index in [1.807, 2.05) is 0 Å². The van der Waals surface area contributed by atoms with Gasteiger partial charge in [-0.2, -0.15) is 0 Å². The van der Waals surface area contributed by atoms with E-state index in [-0.39, 0.29) is 5.54 Å². The summed E-state index contributed by atoms with van der Waals surface area (Å²) < 4.78 is 0. The zero-order valence-corrected chi connectivity index (χ0v) is 10.3. The van der Waals surface area contributed by atoms with Gasteiger partial charge in [0.25, 0.3) is 0 Å². The van der Waals surface area contributed by atoms with Crippen molar-refractivity contribution >= 4 is 0 Å². The van der Waals surface area contributed by atoms with Crippen LogP contribution in [0.1, 0.15) is 39.5 Å². The lowest BCUT2D eigenvalue weighted by atomic mass is 9.99. The number of nitrogens with zero attached hydrogens (tertiary/aromatic N) is 1. The third-order valence-electron chi connectivity index (χ3n) is 3.33. The average Bonchev–Trinajstić information content (AvgIpc) is 2.21. The largest absolute Gasteiger partial charge is 0.303 e. The van der Waals surface area contributed by atoms with E-state index in [1.54, 1.807) is 0 Å². The highest BCUT2D eigenvalue weighted by Crippen LogP contribution is 2.17. The van der Waals surface area contributed by atoms with E-state index in [0.717, 1.165) is 12.6 Å². The summed E-state index contributed by atoms with van der Waals surface area (Å²) >= 11 is 0. The van der Waals surface area contributed by atoms with Gasteiger partial charge in [0.15, 0.2) is 0 Å². The van der Waals surface area contributed by atoms with Gasteiger partial charge in [0, 0.05) is 6.04 Å². The van der Waals surface area contributed by atoms with E-state index >= 15 is 0 Å². The van der Waals surface area contributed by atoms with Crippen LogP contribution in [0, 0.1) is 12.3 Å². The van der Waals surface area contributed by atoms with Gasteiger partial charge in [0.2, 0.25) is 0 Å². The van der Waals surface area contributed by atoms with E-state index < -0.39 is 0 Å². The second-order valence-electron chi connectivity index (χ2n) is 5.12. The van der Waals surface area contributed by atoms with Crippen molar-refractivity contribution < 1.29 is 0 Å². The van der Waals surface area contributed by atoms with Crippen LogP contribution in [-0.2, 0) is 0 Å². The van der Waals surface area contributed by atoms with Crippen molar-refractivity contribution in [2.75, 3.05) is 20.1 Å². The van der Waals surface area contributed by atoms with Crippen LogP contribution in [0.5, 0.6) is 0 Å². The van der Waals surface area contributed by atoms with Gasteiger partial charge in [-0.1, -0.05) is 12.3 Å². The van der Waals surface area contributed by atoms with Crippen molar-refractivity contribution in [3.8, 4) is 12.3 Å². The summed E-state index contributed by atoms with van der Waals surface area (Å²) in [7, 11) is 2.23. The molecule has 15 heavy (non-hydrogen) atoms. The van der Waals surface area contributed by atoms with Crippen LogP contribution in [0.25, 0.3) is 0 Å². The Morgan fingerprint density at radius 1 is 1.47 bits per heavy atom. The fourth-order valence-electron chi connectivity index (χ4n) is 2.11. The molecule has 0 bridgehead atoms. The van der Waals surface area contributed by atoms with Gasteiger partial charge in [-0.05, 0) is 53.2 Å². The highest BCUT2D eigenvalue weighted by Gasteiger charge is 2.19. The minimum Gasteiger partial charge on any atom is -0.303 e. The smallest absolute Gasteiger partial charge is 0.0741 e. The molecule has 0 aliphatic carbocycles. The molecule has 1 rings (SSSR count). The summed E-state index contributed by atoms with van der Waals surface area (Å²) in [6, 6.07) is 0.750. The third kappa shape index (κ3) is 4.24. The summed E-state index contributed by atoms with van der Waals surface area (Å²) in [4.78, 5) is 2.48. The van der Waals surface area contributed by atoms with Crippen molar-refractivity contribution in [2.45, 2.75) is 51.1 Å². The molecule has 86 valence electrons. The summed E-state index contributed by atoms with van der Waals surface area (Å²) in [5, 5.41) is 3.41. The normalized spacial score (nSPS) is 23.7. The van der Waals surface area contributed by atoms with Gasteiger partial charge in [-0.15, -0.1) is 6.42 Å². The predicted molar refractivity (Wildman–Crippen MR) is 65.8 cm³/mol. The molecule has 1 fully saturated rings. The van der Waals surface area contributed by atoms with Crippen LogP contribution in [0.15, 0.2) is 0 Å². The predicted octanol–water partition coefficient (Wildman–Crippen LogP) is 1.86. The molecule has 1 atom stereocenters. The first-order valence-corrected chi connectivity index (χ1v) is 5.98. The Kier molecular flexibility index (Phi) is 4.63. The summed E-state index contributed by atoms with van der Waals surface area (Å²) in [5.41, 5.74) is -0.159. The molecular formula is C13H24N2. The Hall–Kier alpha value is -0.520. The van der Waals surface area contributed by atoms with Gasteiger partial charge in [-0.25, -0.2) is 0 Å². The molecule has 1 saturated heterocycles. The van der Waals surface area contributed by atoms with Crippen molar-refractivity contribution in [3.63, 3.8) is 0 Å². The molecule has 0 amide bonds. The topological polar surface area (TPSA) is 15.3 Å². The molecule has 0 saturated carbocycles. The molecule has 2 nitrogen and oxygen atoms in total. The van der Waals surface area contributed by atoms with Gasteiger partial charge < -0.3 is 10.2 Å². The number of terminal acetylenes is 1. The molecule has 1 aliphatic heterocycles.